The van der Waals surface area contributed by atoms with Crippen molar-refractivity contribution in [3.63, 3.8) is 0 Å². The van der Waals surface area contributed by atoms with Crippen LogP contribution >= 0.6 is 0 Å². The molecule has 1 atom stereocenters. The van der Waals surface area contributed by atoms with Gasteiger partial charge in [-0.2, -0.15) is 0 Å². The molecule has 206 valence electrons. The van der Waals surface area contributed by atoms with E-state index in [2.05, 4.69) is 25.8 Å². The van der Waals surface area contributed by atoms with Crippen LogP contribution in [0.2, 0.25) is 0 Å². The van der Waals surface area contributed by atoms with E-state index in [9.17, 15) is 18.8 Å². The smallest absolute Gasteiger partial charge is 0.294 e. The number of carbonyl (C=O) groups is 2. The standard InChI is InChI=1S/C29H29FN6O4/c1-17(2)23(24(38)26-34-35-28(40-26)29(13-14-29)19-9-11-20(30)12-10-19)33-22(37)16-36-21(18-7-5-4-6-8-18)15-32-25(31-3)27(36)39/h4-12,15,17,23H,13-14,16H2,1-3H3,(H,31,32)(H,33,37)/t23-/m1/s1. The monoisotopic (exact) mass is 544 g/mol. The second kappa shape index (κ2) is 10.8. The van der Waals surface area contributed by atoms with Gasteiger partial charge in [-0.25, -0.2) is 9.37 Å². The SMILES string of the molecule is CNc1ncc(-c2ccccc2)n(CC(=O)N[C@@H](C(=O)c2nnc(C3(c4ccc(F)cc4)CC3)o2)C(C)C)c1=O. The molecular formula is C29H29FN6O4. The van der Waals surface area contributed by atoms with Crippen LogP contribution in [0, 0.1) is 11.7 Å². The normalized spacial score (nSPS) is 14.5. The number of halogens is 1. The number of benzene rings is 2. The number of Topliss-reactive ketones (excluding diaryl/α,β-unsaturated/α-hetero) is 1. The van der Waals surface area contributed by atoms with E-state index in [0.29, 0.717) is 11.3 Å². The first kappa shape index (κ1) is 26.9. The first-order chi connectivity index (χ1) is 19.2. The number of nitrogens with one attached hydrogen (secondary N) is 2. The van der Waals surface area contributed by atoms with E-state index in [1.165, 1.54) is 22.9 Å². The lowest BCUT2D eigenvalue weighted by Crippen LogP contribution is -2.46. The van der Waals surface area contributed by atoms with E-state index < -0.39 is 28.7 Å². The van der Waals surface area contributed by atoms with Crippen LogP contribution in [0.15, 0.2) is 70.0 Å². The van der Waals surface area contributed by atoms with Gasteiger partial charge in [0.15, 0.2) is 5.82 Å². The Bertz CT molecular complexity index is 1590. The van der Waals surface area contributed by atoms with Gasteiger partial charge >= 0.3 is 0 Å². The fourth-order valence-corrected chi connectivity index (χ4v) is 4.72. The lowest BCUT2D eigenvalue weighted by Gasteiger charge is -2.21. The third-order valence-electron chi connectivity index (χ3n) is 7.12. The number of hydrogen-bond acceptors (Lipinski definition) is 8. The van der Waals surface area contributed by atoms with Gasteiger partial charge in [0.2, 0.25) is 17.6 Å². The van der Waals surface area contributed by atoms with E-state index >= 15 is 0 Å². The van der Waals surface area contributed by atoms with Crippen LogP contribution in [0.3, 0.4) is 0 Å². The summed E-state index contributed by atoms with van der Waals surface area (Å²) in [5.41, 5.74) is 1.00. The number of rotatable bonds is 10. The quantitative estimate of drug-likeness (QED) is 0.290. The predicted octanol–water partition coefficient (Wildman–Crippen LogP) is 3.58. The number of anilines is 1. The first-order valence-electron chi connectivity index (χ1n) is 13.0. The zero-order valence-electron chi connectivity index (χ0n) is 22.3. The van der Waals surface area contributed by atoms with E-state index in [0.717, 1.165) is 18.4 Å². The van der Waals surface area contributed by atoms with Gasteiger partial charge in [0.05, 0.1) is 23.3 Å². The van der Waals surface area contributed by atoms with Gasteiger partial charge in [-0.1, -0.05) is 56.3 Å². The minimum Gasteiger partial charge on any atom is -0.417 e. The molecule has 1 saturated carbocycles. The van der Waals surface area contributed by atoms with Crippen molar-refractivity contribution in [1.29, 1.82) is 0 Å². The zero-order valence-corrected chi connectivity index (χ0v) is 22.3. The Hall–Kier alpha value is -4.67. The summed E-state index contributed by atoms with van der Waals surface area (Å²) in [5, 5.41) is 13.6. The third-order valence-corrected chi connectivity index (χ3v) is 7.12. The second-order valence-corrected chi connectivity index (χ2v) is 10.2. The lowest BCUT2D eigenvalue weighted by atomic mass is 9.96. The highest BCUT2D eigenvalue weighted by atomic mass is 19.1. The molecule has 40 heavy (non-hydrogen) atoms. The van der Waals surface area contributed by atoms with Crippen molar-refractivity contribution in [3.05, 3.63) is 94.3 Å². The summed E-state index contributed by atoms with van der Waals surface area (Å²) < 4.78 is 20.6. The Kier molecular flexibility index (Phi) is 7.29. The highest BCUT2D eigenvalue weighted by molar-refractivity contribution is 5.98. The largest absolute Gasteiger partial charge is 0.417 e. The molecule has 2 heterocycles. The Balaban J connectivity index is 1.37. The van der Waals surface area contributed by atoms with Gasteiger partial charge in [-0.3, -0.25) is 19.0 Å². The Morgan fingerprint density at radius 3 is 2.40 bits per heavy atom. The van der Waals surface area contributed by atoms with Crippen molar-refractivity contribution in [3.8, 4) is 11.3 Å². The number of ketones is 1. The molecule has 1 fully saturated rings. The van der Waals surface area contributed by atoms with Crippen LogP contribution < -0.4 is 16.2 Å². The van der Waals surface area contributed by atoms with Crippen LogP contribution in [0.1, 0.15) is 48.8 Å². The molecule has 2 aromatic heterocycles. The van der Waals surface area contributed by atoms with Crippen molar-refractivity contribution >= 4 is 17.5 Å². The molecule has 1 aliphatic rings. The topological polar surface area (TPSA) is 132 Å². The molecule has 5 rings (SSSR count). The third kappa shape index (κ3) is 5.14. The van der Waals surface area contributed by atoms with Gasteiger partial charge in [-0.15, -0.1) is 10.2 Å². The first-order valence-corrected chi connectivity index (χ1v) is 13.0. The number of carbonyl (C=O) groups excluding carboxylic acids is 2. The Labute approximate surface area is 229 Å². The summed E-state index contributed by atoms with van der Waals surface area (Å²) >= 11 is 0. The summed E-state index contributed by atoms with van der Waals surface area (Å²) in [7, 11) is 1.57. The average molecular weight is 545 g/mol. The predicted molar refractivity (Wildman–Crippen MR) is 145 cm³/mol. The molecule has 10 nitrogen and oxygen atoms in total. The summed E-state index contributed by atoms with van der Waals surface area (Å²) in [5.74, 6) is -1.56. The molecule has 0 aliphatic heterocycles. The van der Waals surface area contributed by atoms with E-state index in [1.54, 1.807) is 33.0 Å². The summed E-state index contributed by atoms with van der Waals surface area (Å²) in [6.45, 7) is 3.24. The highest BCUT2D eigenvalue weighted by Gasteiger charge is 2.51. The van der Waals surface area contributed by atoms with Crippen molar-refractivity contribution in [2.24, 2.45) is 5.92 Å². The molecule has 0 saturated heterocycles. The molecule has 0 bridgehead atoms. The van der Waals surface area contributed by atoms with Crippen molar-refractivity contribution in [2.45, 2.75) is 44.7 Å². The second-order valence-electron chi connectivity index (χ2n) is 10.2. The lowest BCUT2D eigenvalue weighted by molar-refractivity contribution is -0.122. The van der Waals surface area contributed by atoms with Gasteiger partial charge in [0.1, 0.15) is 12.4 Å². The fraction of sp³-hybridized carbons (Fsp3) is 0.310. The molecule has 2 aromatic carbocycles. The molecule has 0 radical (unpaired) electrons. The van der Waals surface area contributed by atoms with Crippen molar-refractivity contribution in [2.75, 3.05) is 12.4 Å². The molecule has 1 amide bonds. The Morgan fingerprint density at radius 2 is 1.77 bits per heavy atom. The van der Waals surface area contributed by atoms with Crippen LogP contribution in [-0.2, 0) is 16.8 Å². The van der Waals surface area contributed by atoms with Crippen LogP contribution in [0.4, 0.5) is 10.2 Å². The van der Waals surface area contributed by atoms with Gasteiger partial charge < -0.3 is 15.1 Å². The molecule has 4 aromatic rings. The highest BCUT2D eigenvalue weighted by Crippen LogP contribution is 2.52. The van der Waals surface area contributed by atoms with Crippen LogP contribution in [0.25, 0.3) is 11.3 Å². The molecule has 0 spiro atoms. The average Bonchev–Trinajstić information content (AvgIpc) is 3.61. The maximum Gasteiger partial charge on any atom is 0.294 e. The zero-order chi connectivity index (χ0) is 28.4. The van der Waals surface area contributed by atoms with Crippen molar-refractivity contribution in [1.82, 2.24) is 25.1 Å². The minimum absolute atomic E-state index is 0.0949. The van der Waals surface area contributed by atoms with Gasteiger partial charge in [0.25, 0.3) is 11.4 Å². The van der Waals surface area contributed by atoms with Crippen LogP contribution in [-0.4, -0.2) is 44.5 Å². The Morgan fingerprint density at radius 1 is 1.07 bits per heavy atom. The minimum atomic E-state index is -0.969. The number of aromatic nitrogens is 4. The van der Waals surface area contributed by atoms with E-state index in [1.807, 2.05) is 30.3 Å². The molecule has 11 heteroatoms. The molecule has 2 N–H and O–H groups in total. The number of amides is 1. The van der Waals surface area contributed by atoms with Crippen molar-refractivity contribution < 1.29 is 18.4 Å². The molecular weight excluding hydrogens is 515 g/mol. The summed E-state index contributed by atoms with van der Waals surface area (Å²) in [4.78, 5) is 43.9. The number of hydrogen-bond donors (Lipinski definition) is 2. The van der Waals surface area contributed by atoms with Crippen LogP contribution in [0.5, 0.6) is 0 Å². The molecule has 0 unspecified atom stereocenters. The van der Waals surface area contributed by atoms with E-state index in [4.69, 9.17) is 4.42 Å². The maximum absolute atomic E-state index is 13.4. The summed E-state index contributed by atoms with van der Waals surface area (Å²) in [6, 6.07) is 14.3. The van der Waals surface area contributed by atoms with Gasteiger partial charge in [0, 0.05) is 7.05 Å². The number of nitrogens with zero attached hydrogens (tertiary/aromatic N) is 4. The van der Waals surface area contributed by atoms with E-state index in [-0.39, 0.29) is 35.9 Å². The maximum atomic E-state index is 13.4. The fourth-order valence-electron chi connectivity index (χ4n) is 4.72. The molecule has 1 aliphatic carbocycles. The summed E-state index contributed by atoms with van der Waals surface area (Å²) in [6.07, 6.45) is 2.99. The van der Waals surface area contributed by atoms with Gasteiger partial charge in [-0.05, 0) is 42.0 Å².